The summed E-state index contributed by atoms with van der Waals surface area (Å²) in [5, 5.41) is 7.08. The summed E-state index contributed by atoms with van der Waals surface area (Å²) in [6.07, 6.45) is 2.24. The number of rotatable bonds is 4. The van der Waals surface area contributed by atoms with Crippen LogP contribution in [0.25, 0.3) is 0 Å². The van der Waals surface area contributed by atoms with Crippen molar-refractivity contribution in [2.24, 2.45) is 7.05 Å². The van der Waals surface area contributed by atoms with Crippen molar-refractivity contribution in [1.82, 2.24) is 24.9 Å². The number of nitrogens with zero attached hydrogens (tertiary/aromatic N) is 4. The van der Waals surface area contributed by atoms with E-state index in [9.17, 15) is 9.59 Å². The molecule has 3 rings (SSSR count). The molecule has 0 radical (unpaired) electrons. The van der Waals surface area contributed by atoms with Crippen LogP contribution in [0.1, 0.15) is 35.8 Å². The van der Waals surface area contributed by atoms with E-state index in [-0.39, 0.29) is 18.5 Å². The highest BCUT2D eigenvalue weighted by molar-refractivity contribution is 6.01. The number of hydrogen-bond acceptors (Lipinski definition) is 4. The summed E-state index contributed by atoms with van der Waals surface area (Å²) in [4.78, 5) is 27.0. The molecule has 120 valence electrons. The summed E-state index contributed by atoms with van der Waals surface area (Å²) >= 11 is 0. The van der Waals surface area contributed by atoms with E-state index in [1.165, 1.54) is 16.2 Å². The molecule has 2 aliphatic heterocycles. The van der Waals surface area contributed by atoms with Gasteiger partial charge in [-0.3, -0.25) is 19.3 Å². The summed E-state index contributed by atoms with van der Waals surface area (Å²) in [5.74, 6) is -0.130. The lowest BCUT2D eigenvalue weighted by Crippen LogP contribution is -2.38. The maximum absolute atomic E-state index is 11.7. The average molecular weight is 305 g/mol. The molecule has 1 aromatic heterocycles. The first-order chi connectivity index (χ1) is 10.5. The molecule has 0 aromatic carbocycles. The Hall–Kier alpha value is -1.89. The molecule has 1 atom stereocenters. The second-order valence-electron chi connectivity index (χ2n) is 6.11. The highest BCUT2D eigenvalue weighted by Gasteiger charge is 2.33. The molecule has 0 spiro atoms. The Bertz CT molecular complexity index is 593. The van der Waals surface area contributed by atoms with Crippen LogP contribution in [0.5, 0.6) is 0 Å². The Balaban J connectivity index is 1.71. The van der Waals surface area contributed by atoms with E-state index in [4.69, 9.17) is 0 Å². The van der Waals surface area contributed by atoms with E-state index in [2.05, 4.69) is 29.2 Å². The van der Waals surface area contributed by atoms with Gasteiger partial charge < -0.3 is 5.32 Å². The van der Waals surface area contributed by atoms with Gasteiger partial charge in [0, 0.05) is 37.4 Å². The number of amides is 3. The summed E-state index contributed by atoms with van der Waals surface area (Å²) in [7, 11) is 1.97. The van der Waals surface area contributed by atoms with E-state index in [1.807, 2.05) is 11.7 Å². The maximum Gasteiger partial charge on any atom is 0.324 e. The van der Waals surface area contributed by atoms with E-state index < -0.39 is 0 Å². The van der Waals surface area contributed by atoms with Crippen LogP contribution in [0.4, 0.5) is 4.79 Å². The Morgan fingerprint density at radius 1 is 1.27 bits per heavy atom. The third kappa shape index (κ3) is 2.49. The van der Waals surface area contributed by atoms with Gasteiger partial charge in [-0.2, -0.15) is 5.10 Å². The van der Waals surface area contributed by atoms with Gasteiger partial charge in [0.15, 0.2) is 0 Å². The monoisotopic (exact) mass is 305 g/mol. The van der Waals surface area contributed by atoms with Crippen molar-refractivity contribution in [3.8, 4) is 0 Å². The highest BCUT2D eigenvalue weighted by atomic mass is 16.2. The Labute approximate surface area is 130 Å². The van der Waals surface area contributed by atoms with E-state index in [1.54, 1.807) is 0 Å². The number of imide groups is 1. The highest BCUT2D eigenvalue weighted by Crippen LogP contribution is 2.35. The third-order valence-corrected chi connectivity index (χ3v) is 4.81. The van der Waals surface area contributed by atoms with Crippen LogP contribution in [0.3, 0.4) is 0 Å². The number of carbonyl (C=O) groups is 2. The average Bonchev–Trinajstić information content (AvgIpc) is 3.11. The minimum Gasteiger partial charge on any atom is -0.329 e. The van der Waals surface area contributed by atoms with Crippen LogP contribution in [-0.2, 0) is 11.8 Å². The number of aryl methyl sites for hydroxylation is 2. The zero-order chi connectivity index (χ0) is 15.9. The number of urea groups is 1. The van der Waals surface area contributed by atoms with Crippen molar-refractivity contribution in [3.63, 3.8) is 0 Å². The molecule has 1 aromatic rings. The first-order valence-electron chi connectivity index (χ1n) is 7.81. The number of aromatic nitrogens is 2. The minimum absolute atomic E-state index is 0.128. The van der Waals surface area contributed by atoms with Crippen molar-refractivity contribution < 1.29 is 9.59 Å². The van der Waals surface area contributed by atoms with Gasteiger partial charge in [-0.15, -0.1) is 0 Å². The van der Waals surface area contributed by atoms with E-state index >= 15 is 0 Å². The van der Waals surface area contributed by atoms with Crippen molar-refractivity contribution in [2.45, 2.75) is 32.7 Å². The maximum atomic E-state index is 11.7. The number of likely N-dealkylation sites (tertiary alicyclic amines) is 1. The number of nitrogens with one attached hydrogen (secondary N) is 1. The topological polar surface area (TPSA) is 70.5 Å². The molecule has 0 aliphatic carbocycles. The molecular weight excluding hydrogens is 282 g/mol. The lowest BCUT2D eigenvalue weighted by molar-refractivity contribution is -0.125. The molecular formula is C15H23N5O2. The predicted molar refractivity (Wildman–Crippen MR) is 81.3 cm³/mol. The number of hydrogen-bond donors (Lipinski definition) is 1. The van der Waals surface area contributed by atoms with Crippen LogP contribution < -0.4 is 5.32 Å². The Morgan fingerprint density at radius 3 is 2.64 bits per heavy atom. The molecule has 2 aliphatic rings. The zero-order valence-corrected chi connectivity index (χ0v) is 13.4. The van der Waals surface area contributed by atoms with Crippen molar-refractivity contribution in [2.75, 3.05) is 26.2 Å². The van der Waals surface area contributed by atoms with Gasteiger partial charge in [0.25, 0.3) is 0 Å². The quantitative estimate of drug-likeness (QED) is 0.832. The van der Waals surface area contributed by atoms with Crippen LogP contribution in [0.2, 0.25) is 0 Å². The molecule has 1 unspecified atom stereocenters. The standard InChI is InChI=1S/C15H23N5O2/c1-10-14(11(2)18(3)17-10)12-5-4-6-19(12)7-8-20-13(21)9-16-15(20)22/h12H,4-9H2,1-3H3,(H,16,22). The summed E-state index contributed by atoms with van der Waals surface area (Å²) < 4.78 is 1.93. The van der Waals surface area contributed by atoms with Gasteiger partial charge in [0.05, 0.1) is 12.2 Å². The Morgan fingerprint density at radius 2 is 2.05 bits per heavy atom. The summed E-state index contributed by atoms with van der Waals surface area (Å²) in [5.41, 5.74) is 3.58. The Kier molecular flexibility index (Phi) is 3.90. The molecule has 3 amide bonds. The second kappa shape index (κ2) is 5.72. The smallest absolute Gasteiger partial charge is 0.324 e. The first-order valence-corrected chi connectivity index (χ1v) is 7.81. The molecule has 7 nitrogen and oxygen atoms in total. The molecule has 2 fully saturated rings. The fraction of sp³-hybridized carbons (Fsp3) is 0.667. The molecule has 1 N–H and O–H groups in total. The van der Waals surface area contributed by atoms with Crippen molar-refractivity contribution >= 4 is 11.9 Å². The lowest BCUT2D eigenvalue weighted by atomic mass is 10.0. The SMILES string of the molecule is Cc1nn(C)c(C)c1C1CCCN1CCN1C(=O)CNC1=O. The van der Waals surface area contributed by atoms with Gasteiger partial charge in [-0.25, -0.2) is 4.79 Å². The largest absolute Gasteiger partial charge is 0.329 e. The summed E-state index contributed by atoms with van der Waals surface area (Å²) in [6, 6.07) is 0.0731. The van der Waals surface area contributed by atoms with Gasteiger partial charge in [-0.1, -0.05) is 0 Å². The third-order valence-electron chi connectivity index (χ3n) is 4.81. The molecule has 3 heterocycles. The molecule has 22 heavy (non-hydrogen) atoms. The molecule has 0 bridgehead atoms. The second-order valence-corrected chi connectivity index (χ2v) is 6.11. The van der Waals surface area contributed by atoms with Crippen molar-refractivity contribution in [1.29, 1.82) is 0 Å². The normalized spacial score (nSPS) is 22.7. The predicted octanol–water partition coefficient (Wildman–Crippen LogP) is 0.726. The van der Waals surface area contributed by atoms with Crippen LogP contribution in [-0.4, -0.2) is 57.7 Å². The first kappa shape index (κ1) is 15.0. The van der Waals surface area contributed by atoms with Crippen LogP contribution >= 0.6 is 0 Å². The fourth-order valence-electron chi connectivity index (χ4n) is 3.60. The zero-order valence-electron chi connectivity index (χ0n) is 13.4. The summed E-state index contributed by atoms with van der Waals surface area (Å²) in [6.45, 7) is 6.46. The molecule has 2 saturated heterocycles. The van der Waals surface area contributed by atoms with Gasteiger partial charge in [0.1, 0.15) is 0 Å². The number of carbonyl (C=O) groups excluding carboxylic acids is 2. The molecule has 7 heteroatoms. The van der Waals surface area contributed by atoms with Crippen molar-refractivity contribution in [3.05, 3.63) is 17.0 Å². The fourth-order valence-corrected chi connectivity index (χ4v) is 3.60. The molecule has 0 saturated carbocycles. The van der Waals surface area contributed by atoms with Crippen LogP contribution in [0, 0.1) is 13.8 Å². The van der Waals surface area contributed by atoms with Crippen LogP contribution in [0.15, 0.2) is 0 Å². The minimum atomic E-state index is -0.269. The lowest BCUT2D eigenvalue weighted by Gasteiger charge is -2.26. The van der Waals surface area contributed by atoms with Gasteiger partial charge in [0.2, 0.25) is 5.91 Å². The van der Waals surface area contributed by atoms with Gasteiger partial charge >= 0.3 is 6.03 Å². The van der Waals surface area contributed by atoms with Gasteiger partial charge in [-0.05, 0) is 33.2 Å². The van der Waals surface area contributed by atoms with E-state index in [0.717, 1.165) is 31.6 Å². The van der Waals surface area contributed by atoms with E-state index in [0.29, 0.717) is 12.6 Å².